The number of thiazole rings is 1. The molecule has 2 heterocycles. The molecular formula is C17H17Cl2N3O3S2. The van der Waals surface area contributed by atoms with Crippen molar-refractivity contribution in [2.75, 3.05) is 24.2 Å². The lowest BCUT2D eigenvalue weighted by Gasteiger charge is -2.25. The summed E-state index contributed by atoms with van der Waals surface area (Å²) in [6, 6.07) is 5.37. The number of carbonyl (C=O) groups excluding carboxylic acids is 1. The zero-order chi connectivity index (χ0) is 19.4. The molecule has 0 radical (unpaired) electrons. The Balaban J connectivity index is 1.51. The number of amides is 1. The fraction of sp³-hybridized carbons (Fsp3) is 0.353. The molecule has 0 unspecified atom stereocenters. The molecule has 1 saturated heterocycles. The summed E-state index contributed by atoms with van der Waals surface area (Å²) >= 11 is 14.8. The van der Waals surface area contributed by atoms with Gasteiger partial charge in [0.05, 0.1) is 0 Å². The van der Waals surface area contributed by atoms with Crippen LogP contribution in [0.2, 0.25) is 10.0 Å². The first-order valence-electron chi connectivity index (χ1n) is 8.23. The van der Waals surface area contributed by atoms with Crippen molar-refractivity contribution in [3.8, 4) is 0 Å². The molecule has 1 amide bonds. The van der Waals surface area contributed by atoms with Crippen LogP contribution in [0.3, 0.4) is 0 Å². The predicted molar refractivity (Wildman–Crippen MR) is 109 cm³/mol. The summed E-state index contributed by atoms with van der Waals surface area (Å²) in [6.07, 6.45) is 1.33. The maximum atomic E-state index is 12.2. The van der Waals surface area contributed by atoms with E-state index >= 15 is 0 Å². The molecule has 0 spiro atoms. The molecule has 1 aliphatic rings. The van der Waals surface area contributed by atoms with Gasteiger partial charge in [0.25, 0.3) is 0 Å². The molecule has 1 fully saturated rings. The van der Waals surface area contributed by atoms with E-state index < -0.39 is 5.97 Å². The van der Waals surface area contributed by atoms with Gasteiger partial charge < -0.3 is 15.3 Å². The van der Waals surface area contributed by atoms with Crippen LogP contribution in [0.25, 0.3) is 0 Å². The minimum atomic E-state index is -1.03. The lowest BCUT2D eigenvalue weighted by atomic mass is 10.2. The molecule has 6 nitrogen and oxygen atoms in total. The third kappa shape index (κ3) is 5.51. The second-order valence-electron chi connectivity index (χ2n) is 5.97. The lowest BCUT2D eigenvalue weighted by Crippen LogP contribution is -2.39. The molecule has 0 saturated carbocycles. The fourth-order valence-electron chi connectivity index (χ4n) is 2.86. The standard InChI is InChI=1S/C17H17Cl2N3O3S2/c18-10-5-11(19)7-12(6-10)20-8-13-1-2-15(23)22(13)3-4-26-17-21-14(9-27-17)16(24)25/h5-7,9,13,20H,1-4,8H2,(H,24,25)/t13-/m1/s1. The van der Waals surface area contributed by atoms with Gasteiger partial charge >= 0.3 is 5.97 Å². The summed E-state index contributed by atoms with van der Waals surface area (Å²) < 4.78 is 0.697. The van der Waals surface area contributed by atoms with E-state index in [1.165, 1.54) is 28.5 Å². The molecule has 27 heavy (non-hydrogen) atoms. The van der Waals surface area contributed by atoms with Crippen molar-refractivity contribution in [2.24, 2.45) is 0 Å². The molecule has 2 aromatic rings. The molecule has 0 aliphatic carbocycles. The quantitative estimate of drug-likeness (QED) is 0.587. The number of thioether (sulfide) groups is 1. The Morgan fingerprint density at radius 1 is 1.37 bits per heavy atom. The largest absolute Gasteiger partial charge is 0.476 e. The highest BCUT2D eigenvalue weighted by Crippen LogP contribution is 2.26. The van der Waals surface area contributed by atoms with Crippen LogP contribution < -0.4 is 5.32 Å². The van der Waals surface area contributed by atoms with Gasteiger partial charge in [-0.25, -0.2) is 9.78 Å². The van der Waals surface area contributed by atoms with Crippen LogP contribution in [-0.2, 0) is 4.79 Å². The number of carbonyl (C=O) groups is 2. The van der Waals surface area contributed by atoms with E-state index in [-0.39, 0.29) is 17.6 Å². The average molecular weight is 446 g/mol. The van der Waals surface area contributed by atoms with Gasteiger partial charge in [-0.1, -0.05) is 35.0 Å². The highest BCUT2D eigenvalue weighted by Gasteiger charge is 2.30. The van der Waals surface area contributed by atoms with Gasteiger partial charge in [-0.05, 0) is 24.6 Å². The van der Waals surface area contributed by atoms with Crippen LogP contribution in [0.1, 0.15) is 23.3 Å². The van der Waals surface area contributed by atoms with Crippen molar-refractivity contribution in [3.63, 3.8) is 0 Å². The van der Waals surface area contributed by atoms with Gasteiger partial charge in [-0.2, -0.15) is 0 Å². The van der Waals surface area contributed by atoms with E-state index in [0.29, 0.717) is 39.6 Å². The molecule has 1 aromatic heterocycles. The van der Waals surface area contributed by atoms with Crippen LogP contribution in [0.4, 0.5) is 5.69 Å². The Labute approximate surface area is 174 Å². The molecule has 0 bridgehead atoms. The van der Waals surface area contributed by atoms with E-state index in [1.807, 2.05) is 4.90 Å². The minimum absolute atomic E-state index is 0.0574. The minimum Gasteiger partial charge on any atom is -0.476 e. The van der Waals surface area contributed by atoms with Crippen molar-refractivity contribution < 1.29 is 14.7 Å². The van der Waals surface area contributed by atoms with Gasteiger partial charge in [0, 0.05) is 52.4 Å². The smallest absolute Gasteiger partial charge is 0.355 e. The lowest BCUT2D eigenvalue weighted by molar-refractivity contribution is -0.128. The second-order valence-corrected chi connectivity index (χ2v) is 9.04. The Hall–Kier alpha value is -1.48. The second kappa shape index (κ2) is 9.14. The molecule has 1 aromatic carbocycles. The topological polar surface area (TPSA) is 82.5 Å². The molecule has 3 rings (SSSR count). The molecule has 144 valence electrons. The summed E-state index contributed by atoms with van der Waals surface area (Å²) in [7, 11) is 0. The number of halogens is 2. The van der Waals surface area contributed by atoms with E-state index in [2.05, 4.69) is 10.3 Å². The number of aromatic nitrogens is 1. The number of benzene rings is 1. The summed E-state index contributed by atoms with van der Waals surface area (Å²) in [6.45, 7) is 1.21. The van der Waals surface area contributed by atoms with E-state index in [9.17, 15) is 9.59 Å². The maximum absolute atomic E-state index is 12.2. The number of nitrogens with zero attached hydrogens (tertiary/aromatic N) is 2. The molecule has 2 N–H and O–H groups in total. The first-order valence-corrected chi connectivity index (χ1v) is 10.9. The monoisotopic (exact) mass is 445 g/mol. The Morgan fingerprint density at radius 3 is 2.78 bits per heavy atom. The highest BCUT2D eigenvalue weighted by atomic mass is 35.5. The summed E-state index contributed by atoms with van der Waals surface area (Å²) in [5.74, 6) is -0.227. The molecule has 1 aliphatic heterocycles. The van der Waals surface area contributed by atoms with Crippen LogP contribution >= 0.6 is 46.3 Å². The van der Waals surface area contributed by atoms with E-state index in [4.69, 9.17) is 28.3 Å². The van der Waals surface area contributed by atoms with Crippen molar-refractivity contribution in [3.05, 3.63) is 39.3 Å². The summed E-state index contributed by atoms with van der Waals surface area (Å²) in [5.41, 5.74) is 0.882. The van der Waals surface area contributed by atoms with Gasteiger partial charge in [0.2, 0.25) is 5.91 Å². The van der Waals surface area contributed by atoms with Crippen LogP contribution in [0.15, 0.2) is 27.9 Å². The summed E-state index contributed by atoms with van der Waals surface area (Å²) in [4.78, 5) is 29.0. The Bertz CT molecular complexity index is 826. The highest BCUT2D eigenvalue weighted by molar-refractivity contribution is 8.01. The number of carboxylic acids is 1. The zero-order valence-corrected chi connectivity index (χ0v) is 17.3. The van der Waals surface area contributed by atoms with Crippen molar-refractivity contribution in [1.82, 2.24) is 9.88 Å². The average Bonchev–Trinajstić information content (AvgIpc) is 3.20. The molecule has 10 heteroatoms. The number of likely N-dealkylation sites (tertiary alicyclic amines) is 1. The number of carboxylic acid groups (broad SMARTS) is 1. The van der Waals surface area contributed by atoms with Crippen LogP contribution in [0, 0.1) is 0 Å². The predicted octanol–water partition coefficient (Wildman–Crippen LogP) is 4.34. The summed E-state index contributed by atoms with van der Waals surface area (Å²) in [5, 5.41) is 14.9. The fourth-order valence-corrected chi connectivity index (χ4v) is 5.19. The first-order chi connectivity index (χ1) is 12.9. The van der Waals surface area contributed by atoms with Crippen molar-refractivity contribution >= 4 is 63.9 Å². The van der Waals surface area contributed by atoms with Crippen LogP contribution in [-0.4, -0.2) is 51.8 Å². The number of nitrogens with one attached hydrogen (secondary N) is 1. The molecule has 1 atom stereocenters. The van der Waals surface area contributed by atoms with Crippen LogP contribution in [0.5, 0.6) is 0 Å². The third-order valence-electron chi connectivity index (χ3n) is 4.12. The van der Waals surface area contributed by atoms with Crippen molar-refractivity contribution in [2.45, 2.75) is 23.2 Å². The van der Waals surface area contributed by atoms with Gasteiger partial charge in [-0.3, -0.25) is 4.79 Å². The zero-order valence-electron chi connectivity index (χ0n) is 14.2. The number of hydrogen-bond acceptors (Lipinski definition) is 6. The SMILES string of the molecule is O=C(O)c1csc(SCCN2C(=O)CC[C@@H]2CNc2cc(Cl)cc(Cl)c2)n1. The van der Waals surface area contributed by atoms with Crippen molar-refractivity contribution in [1.29, 1.82) is 0 Å². The maximum Gasteiger partial charge on any atom is 0.355 e. The third-order valence-corrected chi connectivity index (χ3v) is 6.55. The molecular weight excluding hydrogens is 429 g/mol. The van der Waals surface area contributed by atoms with E-state index in [0.717, 1.165) is 12.1 Å². The Morgan fingerprint density at radius 2 is 2.11 bits per heavy atom. The van der Waals surface area contributed by atoms with Gasteiger partial charge in [0.1, 0.15) is 0 Å². The Kier molecular flexibility index (Phi) is 6.86. The van der Waals surface area contributed by atoms with E-state index in [1.54, 1.807) is 18.2 Å². The number of hydrogen-bond donors (Lipinski definition) is 2. The number of anilines is 1. The van der Waals surface area contributed by atoms with Gasteiger partial charge in [-0.15, -0.1) is 11.3 Å². The van der Waals surface area contributed by atoms with Gasteiger partial charge in [0.15, 0.2) is 10.0 Å². The number of rotatable bonds is 8. The number of aromatic carboxylic acids is 1. The normalized spacial score (nSPS) is 16.7. The first kappa shape index (κ1) is 20.3.